The molecule has 0 fully saturated rings. The van der Waals surface area contributed by atoms with Gasteiger partial charge in [0.15, 0.2) is 11.5 Å². The number of carbonyl (C=O) groups excluding carboxylic acids is 1. The molecule has 2 aromatic rings. The fraction of sp³-hybridized carbons (Fsp3) is 0.182. The minimum absolute atomic E-state index is 0.104. The number of alkyl halides is 3. The monoisotopic (exact) mass is 270 g/mol. The standard InChI is InChI=1S/C11H8F3N3O2/c1-2-3-8-15-16-9-6(10(18)19)4-5-7(17(8)9)11(12,13)14/h2-5H,1H3,(H,18,19)/p-1. The third kappa shape index (κ3) is 2.16. The van der Waals surface area contributed by atoms with Crippen molar-refractivity contribution in [3.8, 4) is 0 Å². The van der Waals surface area contributed by atoms with Crippen LogP contribution in [0, 0.1) is 0 Å². The first-order valence-corrected chi connectivity index (χ1v) is 5.15. The van der Waals surface area contributed by atoms with E-state index in [2.05, 4.69) is 10.2 Å². The van der Waals surface area contributed by atoms with Crippen LogP contribution in [0.5, 0.6) is 0 Å². The number of carbonyl (C=O) groups is 1. The number of aromatic carboxylic acids is 1. The van der Waals surface area contributed by atoms with Crippen LogP contribution in [0.25, 0.3) is 11.7 Å². The second kappa shape index (κ2) is 4.38. The summed E-state index contributed by atoms with van der Waals surface area (Å²) in [6.07, 6.45) is -1.88. The zero-order valence-corrected chi connectivity index (χ0v) is 9.60. The number of hydrogen-bond acceptors (Lipinski definition) is 4. The Labute approximate surface area is 105 Å². The molecule has 100 valence electrons. The van der Waals surface area contributed by atoms with Gasteiger partial charge < -0.3 is 9.90 Å². The van der Waals surface area contributed by atoms with Gasteiger partial charge in [-0.15, -0.1) is 10.2 Å². The fourth-order valence-corrected chi connectivity index (χ4v) is 1.66. The first-order valence-electron chi connectivity index (χ1n) is 5.15. The van der Waals surface area contributed by atoms with Crippen molar-refractivity contribution < 1.29 is 23.1 Å². The molecule has 0 radical (unpaired) electrons. The Hall–Kier alpha value is -2.38. The van der Waals surface area contributed by atoms with E-state index in [9.17, 15) is 23.1 Å². The quantitative estimate of drug-likeness (QED) is 0.820. The normalized spacial score (nSPS) is 12.4. The largest absolute Gasteiger partial charge is 0.545 e. The predicted molar refractivity (Wildman–Crippen MR) is 57.0 cm³/mol. The zero-order valence-electron chi connectivity index (χ0n) is 9.60. The lowest BCUT2D eigenvalue weighted by Crippen LogP contribution is -2.24. The van der Waals surface area contributed by atoms with Crippen LogP contribution in [0.15, 0.2) is 18.2 Å². The summed E-state index contributed by atoms with van der Waals surface area (Å²) in [6, 6.07) is 1.47. The van der Waals surface area contributed by atoms with Gasteiger partial charge in [-0.05, 0) is 25.1 Å². The number of hydrogen-bond donors (Lipinski definition) is 0. The van der Waals surface area contributed by atoms with Gasteiger partial charge in [-0.3, -0.25) is 4.40 Å². The number of nitrogens with zero attached hydrogens (tertiary/aromatic N) is 3. The van der Waals surface area contributed by atoms with Gasteiger partial charge in [0.2, 0.25) is 0 Å². The smallest absolute Gasteiger partial charge is 0.431 e. The zero-order chi connectivity index (χ0) is 14.2. The van der Waals surface area contributed by atoms with Crippen LogP contribution in [-0.4, -0.2) is 20.6 Å². The maximum atomic E-state index is 12.9. The topological polar surface area (TPSA) is 70.3 Å². The van der Waals surface area contributed by atoms with Crippen molar-refractivity contribution in [1.29, 1.82) is 0 Å². The fourth-order valence-electron chi connectivity index (χ4n) is 1.66. The number of allylic oxidation sites excluding steroid dienone is 1. The Morgan fingerprint density at radius 2 is 2.05 bits per heavy atom. The van der Waals surface area contributed by atoms with Crippen LogP contribution < -0.4 is 5.11 Å². The molecular weight excluding hydrogens is 263 g/mol. The van der Waals surface area contributed by atoms with E-state index in [4.69, 9.17) is 0 Å². The third-order valence-electron chi connectivity index (χ3n) is 2.40. The van der Waals surface area contributed by atoms with E-state index >= 15 is 0 Å². The Bertz CT molecular complexity index is 674. The lowest BCUT2D eigenvalue weighted by Gasteiger charge is -2.12. The van der Waals surface area contributed by atoms with Crippen LogP contribution in [0.1, 0.15) is 28.8 Å². The van der Waals surface area contributed by atoms with Gasteiger partial charge in [-0.2, -0.15) is 13.2 Å². The molecule has 0 aromatic carbocycles. The number of carboxylic acids is 1. The molecule has 0 amide bonds. The highest BCUT2D eigenvalue weighted by Crippen LogP contribution is 2.31. The van der Waals surface area contributed by atoms with E-state index in [0.717, 1.165) is 6.07 Å². The van der Waals surface area contributed by atoms with Crippen LogP contribution >= 0.6 is 0 Å². The van der Waals surface area contributed by atoms with Gasteiger partial charge in [0.25, 0.3) is 0 Å². The Morgan fingerprint density at radius 1 is 1.37 bits per heavy atom. The molecule has 19 heavy (non-hydrogen) atoms. The molecule has 0 aliphatic heterocycles. The Morgan fingerprint density at radius 3 is 2.58 bits per heavy atom. The molecule has 5 nitrogen and oxygen atoms in total. The maximum Gasteiger partial charge on any atom is 0.431 e. The van der Waals surface area contributed by atoms with Crippen LogP contribution in [-0.2, 0) is 6.18 Å². The van der Waals surface area contributed by atoms with Crippen LogP contribution in [0.3, 0.4) is 0 Å². The van der Waals surface area contributed by atoms with Gasteiger partial charge >= 0.3 is 6.18 Å². The number of rotatable bonds is 2. The average Bonchev–Trinajstić information content (AvgIpc) is 2.71. The molecule has 2 heterocycles. The van der Waals surface area contributed by atoms with Crippen LogP contribution in [0.4, 0.5) is 13.2 Å². The molecule has 0 aliphatic rings. The molecule has 0 unspecified atom stereocenters. The molecule has 2 rings (SSSR count). The van der Waals surface area contributed by atoms with Crippen molar-refractivity contribution in [3.63, 3.8) is 0 Å². The maximum absolute atomic E-state index is 12.9. The van der Waals surface area contributed by atoms with Gasteiger partial charge in [0.1, 0.15) is 5.69 Å². The summed E-state index contributed by atoms with van der Waals surface area (Å²) in [5, 5.41) is 17.9. The first kappa shape index (κ1) is 13.1. The average molecular weight is 270 g/mol. The number of carboxylic acid groups (broad SMARTS) is 1. The van der Waals surface area contributed by atoms with Crippen molar-refractivity contribution in [2.75, 3.05) is 0 Å². The molecule has 0 atom stereocenters. The van der Waals surface area contributed by atoms with E-state index in [1.807, 2.05) is 0 Å². The summed E-state index contributed by atoms with van der Waals surface area (Å²) in [4.78, 5) is 10.9. The van der Waals surface area contributed by atoms with Crippen molar-refractivity contribution in [2.45, 2.75) is 13.1 Å². The second-order valence-electron chi connectivity index (χ2n) is 3.63. The third-order valence-corrected chi connectivity index (χ3v) is 2.40. The van der Waals surface area contributed by atoms with E-state index in [1.165, 1.54) is 12.2 Å². The van der Waals surface area contributed by atoms with Gasteiger partial charge in [-0.1, -0.05) is 6.08 Å². The Kier molecular flexibility index (Phi) is 3.01. The van der Waals surface area contributed by atoms with E-state index in [0.29, 0.717) is 10.5 Å². The molecule has 0 saturated carbocycles. The minimum atomic E-state index is -4.65. The second-order valence-corrected chi connectivity index (χ2v) is 3.63. The van der Waals surface area contributed by atoms with Gasteiger partial charge in [0, 0.05) is 5.56 Å². The van der Waals surface area contributed by atoms with Crippen molar-refractivity contribution in [1.82, 2.24) is 14.6 Å². The molecule has 0 saturated heterocycles. The number of halogens is 3. The van der Waals surface area contributed by atoms with Crippen molar-refractivity contribution in [2.24, 2.45) is 0 Å². The van der Waals surface area contributed by atoms with Gasteiger partial charge in [0.05, 0.1) is 5.97 Å². The van der Waals surface area contributed by atoms with Crippen LogP contribution in [0.2, 0.25) is 0 Å². The highest BCUT2D eigenvalue weighted by Gasteiger charge is 2.35. The summed E-state index contributed by atoms with van der Waals surface area (Å²) in [5.41, 5.74) is -1.90. The van der Waals surface area contributed by atoms with E-state index < -0.39 is 29.1 Å². The summed E-state index contributed by atoms with van der Waals surface area (Å²) in [7, 11) is 0. The molecule has 8 heteroatoms. The molecule has 0 N–H and O–H groups in total. The SMILES string of the molecule is CC=Cc1nnc2c(C(=O)[O-])ccc(C(F)(F)F)n12. The Balaban J connectivity index is 2.89. The molecular formula is C11H7F3N3O2-. The highest BCUT2D eigenvalue weighted by molar-refractivity contribution is 5.93. The summed E-state index contributed by atoms with van der Waals surface area (Å²) in [5.74, 6) is -1.72. The summed E-state index contributed by atoms with van der Waals surface area (Å²) < 4.78 is 39.3. The predicted octanol–water partition coefficient (Wildman–Crippen LogP) is 1.14. The number of aromatic nitrogens is 3. The molecule has 2 aromatic heterocycles. The minimum Gasteiger partial charge on any atom is -0.545 e. The molecule has 0 bridgehead atoms. The molecule has 0 spiro atoms. The van der Waals surface area contributed by atoms with Crippen molar-refractivity contribution in [3.05, 3.63) is 35.3 Å². The highest BCUT2D eigenvalue weighted by atomic mass is 19.4. The summed E-state index contributed by atoms with van der Waals surface area (Å²) in [6.45, 7) is 1.59. The first-order chi connectivity index (χ1) is 8.86. The van der Waals surface area contributed by atoms with E-state index in [-0.39, 0.29) is 5.82 Å². The number of pyridine rings is 1. The lowest BCUT2D eigenvalue weighted by atomic mass is 10.2. The number of fused-ring (bicyclic) bond motifs is 1. The van der Waals surface area contributed by atoms with Gasteiger partial charge in [-0.25, -0.2) is 0 Å². The lowest BCUT2D eigenvalue weighted by molar-refractivity contribution is -0.254. The molecule has 0 aliphatic carbocycles. The van der Waals surface area contributed by atoms with E-state index in [1.54, 1.807) is 6.92 Å². The summed E-state index contributed by atoms with van der Waals surface area (Å²) >= 11 is 0. The van der Waals surface area contributed by atoms with Crippen molar-refractivity contribution >= 4 is 17.7 Å².